The van der Waals surface area contributed by atoms with Crippen molar-refractivity contribution in [3.8, 4) is 11.5 Å². The summed E-state index contributed by atoms with van der Waals surface area (Å²) in [5, 5.41) is 36.0. The van der Waals surface area contributed by atoms with E-state index in [2.05, 4.69) is 19.2 Å². The highest BCUT2D eigenvalue weighted by atomic mass is 16.4. The fourth-order valence-electron chi connectivity index (χ4n) is 4.23. The molecule has 0 spiro atoms. The van der Waals surface area contributed by atoms with Crippen molar-refractivity contribution in [2.24, 2.45) is 0 Å². The van der Waals surface area contributed by atoms with Gasteiger partial charge in [-0.25, -0.2) is 24.4 Å². The Bertz CT molecular complexity index is 1010. The lowest BCUT2D eigenvalue weighted by molar-refractivity contribution is -0.165. The number of rotatable bonds is 7. The Labute approximate surface area is 190 Å². The molecule has 0 amide bonds. The van der Waals surface area contributed by atoms with Crippen LogP contribution in [0.4, 0.5) is 5.82 Å². The van der Waals surface area contributed by atoms with Crippen molar-refractivity contribution in [3.05, 3.63) is 16.3 Å². The van der Waals surface area contributed by atoms with E-state index in [0.29, 0.717) is 18.5 Å². The molecule has 0 bridgehead atoms. The third-order valence-corrected chi connectivity index (χ3v) is 6.08. The Morgan fingerprint density at radius 1 is 1.09 bits per heavy atom. The SMILES string of the molecule is CCCn1c2nc(C3CCCC3)nc-2c2n(c1=O)C[C@@H](CC)N2.O=C(O)[C@H](O)[C@@H](O)C(=O)O. The molecule has 4 rings (SSSR count). The van der Waals surface area contributed by atoms with Gasteiger partial charge in [-0.05, 0) is 25.7 Å². The van der Waals surface area contributed by atoms with Gasteiger partial charge in [0.05, 0.1) is 0 Å². The van der Waals surface area contributed by atoms with E-state index in [9.17, 15) is 14.4 Å². The summed E-state index contributed by atoms with van der Waals surface area (Å²) in [4.78, 5) is 42.1. The molecule has 1 aliphatic carbocycles. The summed E-state index contributed by atoms with van der Waals surface area (Å²) in [6.07, 6.45) is 2.27. The molecule has 1 saturated carbocycles. The molecule has 5 N–H and O–H groups in total. The summed E-state index contributed by atoms with van der Waals surface area (Å²) in [7, 11) is 0. The summed E-state index contributed by atoms with van der Waals surface area (Å²) < 4.78 is 3.68. The summed E-state index contributed by atoms with van der Waals surface area (Å²) in [6.45, 7) is 5.68. The molecule has 0 aromatic carbocycles. The zero-order chi connectivity index (χ0) is 24.3. The van der Waals surface area contributed by atoms with Gasteiger partial charge < -0.3 is 25.7 Å². The maximum atomic E-state index is 12.9. The van der Waals surface area contributed by atoms with Crippen molar-refractivity contribution in [2.45, 2.75) is 89.6 Å². The maximum absolute atomic E-state index is 12.9. The number of imidazole rings is 1. The first-order valence-corrected chi connectivity index (χ1v) is 11.3. The molecule has 3 atom stereocenters. The minimum atomic E-state index is -2.27. The van der Waals surface area contributed by atoms with Gasteiger partial charge in [-0.15, -0.1) is 0 Å². The second kappa shape index (κ2) is 10.3. The number of carboxylic acids is 2. The molecule has 0 saturated heterocycles. The number of hydrogen-bond acceptors (Lipinski definition) is 8. The van der Waals surface area contributed by atoms with Crippen LogP contribution in [0, 0.1) is 0 Å². The lowest BCUT2D eigenvalue weighted by Crippen LogP contribution is -2.39. The van der Waals surface area contributed by atoms with Gasteiger partial charge in [0.15, 0.2) is 18.0 Å². The average molecular weight is 466 g/mol. The highest BCUT2D eigenvalue weighted by Crippen LogP contribution is 2.37. The van der Waals surface area contributed by atoms with Crippen LogP contribution in [0.3, 0.4) is 0 Å². The van der Waals surface area contributed by atoms with E-state index in [0.717, 1.165) is 42.5 Å². The van der Waals surface area contributed by atoms with Crippen LogP contribution < -0.4 is 11.0 Å². The minimum absolute atomic E-state index is 0.0515. The van der Waals surface area contributed by atoms with E-state index in [1.165, 1.54) is 25.7 Å². The monoisotopic (exact) mass is 465 g/mol. The summed E-state index contributed by atoms with van der Waals surface area (Å²) in [6, 6.07) is 0.315. The van der Waals surface area contributed by atoms with E-state index in [4.69, 9.17) is 30.4 Å². The highest BCUT2D eigenvalue weighted by molar-refractivity contribution is 5.83. The molecule has 182 valence electrons. The van der Waals surface area contributed by atoms with E-state index < -0.39 is 24.1 Å². The van der Waals surface area contributed by atoms with Crippen molar-refractivity contribution in [1.29, 1.82) is 0 Å². The second-order valence-corrected chi connectivity index (χ2v) is 8.44. The lowest BCUT2D eigenvalue weighted by atomic mass is 10.1. The molecular weight excluding hydrogens is 434 g/mol. The van der Waals surface area contributed by atoms with Crippen LogP contribution in [0.15, 0.2) is 4.79 Å². The number of hydrogen-bond donors (Lipinski definition) is 5. The maximum Gasteiger partial charge on any atom is 0.335 e. The molecule has 12 heteroatoms. The Kier molecular flexibility index (Phi) is 7.69. The molecule has 12 nitrogen and oxygen atoms in total. The number of aliphatic hydroxyl groups excluding tert-OH is 2. The Morgan fingerprint density at radius 3 is 2.21 bits per heavy atom. The first-order chi connectivity index (χ1) is 15.7. The van der Waals surface area contributed by atoms with Crippen molar-refractivity contribution >= 4 is 17.8 Å². The molecule has 0 radical (unpaired) electrons. The number of nitrogens with zero attached hydrogens (tertiary/aromatic N) is 4. The van der Waals surface area contributed by atoms with Crippen molar-refractivity contribution in [3.63, 3.8) is 0 Å². The number of fused-ring (bicyclic) bond motifs is 3. The number of carbonyl (C=O) groups is 2. The van der Waals surface area contributed by atoms with Crippen LogP contribution in [0.2, 0.25) is 0 Å². The zero-order valence-electron chi connectivity index (χ0n) is 18.8. The summed E-state index contributed by atoms with van der Waals surface area (Å²) >= 11 is 0. The van der Waals surface area contributed by atoms with Gasteiger partial charge in [-0.3, -0.25) is 9.13 Å². The van der Waals surface area contributed by atoms with Gasteiger partial charge in [-0.1, -0.05) is 26.7 Å². The molecule has 1 fully saturated rings. The van der Waals surface area contributed by atoms with Crippen LogP contribution in [0.1, 0.15) is 64.1 Å². The van der Waals surface area contributed by atoms with Crippen LogP contribution in [0.5, 0.6) is 0 Å². The normalized spacial score (nSPS) is 19.5. The number of aromatic nitrogens is 4. The van der Waals surface area contributed by atoms with Gasteiger partial charge in [0.25, 0.3) is 0 Å². The number of aliphatic carboxylic acids is 2. The largest absolute Gasteiger partial charge is 0.479 e. The summed E-state index contributed by atoms with van der Waals surface area (Å²) in [5.41, 5.74) is 0.937. The van der Waals surface area contributed by atoms with Crippen LogP contribution in [-0.4, -0.2) is 69.7 Å². The smallest absolute Gasteiger partial charge is 0.335 e. The van der Waals surface area contributed by atoms with Crippen LogP contribution >= 0.6 is 0 Å². The number of nitrogens with one attached hydrogen (secondary N) is 1. The molecule has 3 aliphatic heterocycles. The number of aliphatic hydroxyl groups is 2. The molecule has 0 aromatic heterocycles. The highest BCUT2D eigenvalue weighted by Gasteiger charge is 2.33. The molecule has 4 aliphatic rings. The van der Waals surface area contributed by atoms with Crippen LogP contribution in [-0.2, 0) is 22.7 Å². The van der Waals surface area contributed by atoms with Crippen molar-refractivity contribution in [1.82, 2.24) is 19.1 Å². The molecule has 33 heavy (non-hydrogen) atoms. The number of anilines is 1. The third-order valence-electron chi connectivity index (χ3n) is 6.08. The van der Waals surface area contributed by atoms with E-state index in [-0.39, 0.29) is 5.69 Å². The fourth-order valence-corrected chi connectivity index (χ4v) is 4.23. The van der Waals surface area contributed by atoms with Gasteiger partial charge in [0.2, 0.25) is 0 Å². The van der Waals surface area contributed by atoms with E-state index in [1.54, 1.807) is 0 Å². The van der Waals surface area contributed by atoms with Gasteiger partial charge in [0, 0.05) is 25.0 Å². The van der Waals surface area contributed by atoms with E-state index in [1.807, 2.05) is 9.13 Å². The predicted molar refractivity (Wildman–Crippen MR) is 117 cm³/mol. The third kappa shape index (κ3) is 5.01. The van der Waals surface area contributed by atoms with Crippen molar-refractivity contribution < 1.29 is 30.0 Å². The van der Waals surface area contributed by atoms with Crippen LogP contribution in [0.25, 0.3) is 11.5 Å². The topological polar surface area (TPSA) is 180 Å². The van der Waals surface area contributed by atoms with Crippen molar-refractivity contribution in [2.75, 3.05) is 5.32 Å². The molecule has 0 aromatic rings. The Hall–Kier alpha value is -2.99. The lowest BCUT2D eigenvalue weighted by Gasteiger charge is -2.13. The molecule has 0 unspecified atom stereocenters. The van der Waals surface area contributed by atoms with Gasteiger partial charge in [-0.2, -0.15) is 0 Å². The number of carboxylic acid groups (broad SMARTS) is 2. The summed E-state index contributed by atoms with van der Waals surface area (Å²) in [5.74, 6) is -0.478. The molecule has 3 heterocycles. The fraction of sp³-hybridized carbons (Fsp3) is 0.667. The first kappa shape index (κ1) is 24.6. The van der Waals surface area contributed by atoms with Gasteiger partial charge in [0.1, 0.15) is 17.3 Å². The second-order valence-electron chi connectivity index (χ2n) is 8.44. The molecular formula is C21H31N5O7. The average Bonchev–Trinajstić information content (AvgIpc) is 3.54. The first-order valence-electron chi connectivity index (χ1n) is 11.3. The van der Waals surface area contributed by atoms with E-state index >= 15 is 0 Å². The van der Waals surface area contributed by atoms with Gasteiger partial charge >= 0.3 is 17.6 Å². The Morgan fingerprint density at radius 2 is 1.70 bits per heavy atom. The quantitative estimate of drug-likeness (QED) is 0.390. The zero-order valence-corrected chi connectivity index (χ0v) is 18.8. The predicted octanol–water partition coefficient (Wildman–Crippen LogP) is 0.694. The standard InChI is InChI=1S/C17H25N5O.C4H6O6/c1-3-9-21-16-13(19-14(20-16)11-7-5-6-8-11)15-18-12(4-2)10-22(15)17(21)23;5-1(3(7)8)2(6)4(9)10/h11-12,18H,3-10H2,1-2H3;1-2,5-6H,(H,7,8)(H,9,10)/t12-;1-,2-/m11/s1. The minimum Gasteiger partial charge on any atom is -0.479 e. The Balaban J connectivity index is 0.000000262.